The predicted octanol–water partition coefficient (Wildman–Crippen LogP) is 3.83. The molecule has 1 unspecified atom stereocenters. The van der Waals surface area contributed by atoms with E-state index in [0.29, 0.717) is 17.7 Å². The third-order valence-electron chi connectivity index (χ3n) is 4.90. The Morgan fingerprint density at radius 2 is 1.93 bits per heavy atom. The number of hydrogen-bond acceptors (Lipinski definition) is 6. The molecule has 30 heavy (non-hydrogen) atoms. The second-order valence-corrected chi connectivity index (χ2v) is 7.15. The van der Waals surface area contributed by atoms with Crippen molar-refractivity contribution in [3.05, 3.63) is 89.1 Å². The van der Waals surface area contributed by atoms with E-state index in [1.807, 2.05) is 44.2 Å². The van der Waals surface area contributed by atoms with Gasteiger partial charge in [0.1, 0.15) is 11.8 Å². The molecule has 0 spiro atoms. The second kappa shape index (κ2) is 8.32. The molecule has 1 aliphatic rings. The topological polar surface area (TPSA) is 85.0 Å². The highest BCUT2D eigenvalue weighted by molar-refractivity contribution is 6.03. The lowest BCUT2D eigenvalue weighted by atomic mass is 10.0. The van der Waals surface area contributed by atoms with E-state index in [1.165, 1.54) is 11.2 Å². The number of benzene rings is 1. The first-order chi connectivity index (χ1) is 14.5. The van der Waals surface area contributed by atoms with Crippen molar-refractivity contribution in [3.8, 4) is 0 Å². The Kier molecular flexibility index (Phi) is 5.43. The van der Waals surface area contributed by atoms with Gasteiger partial charge in [-0.05, 0) is 43.7 Å². The summed E-state index contributed by atoms with van der Waals surface area (Å²) < 4.78 is 10.7. The fraction of sp³-hybridized carbons (Fsp3) is 0.217. The number of aromatic nitrogens is 1. The molecule has 152 valence electrons. The van der Waals surface area contributed by atoms with E-state index < -0.39 is 18.5 Å². The molecule has 1 aliphatic heterocycles. The van der Waals surface area contributed by atoms with Crippen molar-refractivity contribution >= 4 is 17.6 Å². The second-order valence-electron chi connectivity index (χ2n) is 7.15. The SMILES string of the molecule is Cc1ccc(C2=NN(C(=O)COC(=O)c3ccc(C)nc3)C(c3ccco3)C2)cc1. The lowest BCUT2D eigenvalue weighted by Crippen LogP contribution is -2.31. The largest absolute Gasteiger partial charge is 0.467 e. The minimum atomic E-state index is -0.604. The van der Waals surface area contributed by atoms with Crippen molar-refractivity contribution in [1.29, 1.82) is 0 Å². The standard InChI is InChI=1S/C23H21N3O4/c1-15-5-8-17(9-6-15)19-12-20(21-4-3-11-29-21)26(25-19)22(27)14-30-23(28)18-10-7-16(2)24-13-18/h3-11,13,20H,12,14H2,1-2H3. The maximum atomic E-state index is 12.9. The van der Waals surface area contributed by atoms with Crippen LogP contribution in [0.3, 0.4) is 0 Å². The first-order valence-electron chi connectivity index (χ1n) is 9.61. The molecule has 4 rings (SSSR count). The zero-order valence-corrected chi connectivity index (χ0v) is 16.7. The van der Waals surface area contributed by atoms with Crippen molar-refractivity contribution < 1.29 is 18.7 Å². The number of nitrogens with zero attached hydrogens (tertiary/aromatic N) is 3. The lowest BCUT2D eigenvalue weighted by Gasteiger charge is -2.19. The summed E-state index contributed by atoms with van der Waals surface area (Å²) in [4.78, 5) is 29.1. The average Bonchev–Trinajstić information content (AvgIpc) is 3.43. The van der Waals surface area contributed by atoms with E-state index in [0.717, 1.165) is 22.5 Å². The van der Waals surface area contributed by atoms with Crippen molar-refractivity contribution in [1.82, 2.24) is 9.99 Å². The first kappa shape index (κ1) is 19.6. The van der Waals surface area contributed by atoms with Crippen LogP contribution in [-0.4, -0.2) is 34.2 Å². The highest BCUT2D eigenvalue weighted by Crippen LogP contribution is 2.33. The Morgan fingerprint density at radius 1 is 1.13 bits per heavy atom. The molecule has 1 aromatic carbocycles. The van der Waals surface area contributed by atoms with Crippen molar-refractivity contribution in [2.24, 2.45) is 5.10 Å². The number of pyridine rings is 1. The molecule has 0 radical (unpaired) electrons. The molecule has 0 saturated heterocycles. The smallest absolute Gasteiger partial charge is 0.340 e. The van der Waals surface area contributed by atoms with Crippen LogP contribution in [0.1, 0.15) is 45.4 Å². The van der Waals surface area contributed by atoms with E-state index in [4.69, 9.17) is 9.15 Å². The first-order valence-corrected chi connectivity index (χ1v) is 9.61. The monoisotopic (exact) mass is 403 g/mol. The van der Waals surface area contributed by atoms with Crippen LogP contribution in [0.4, 0.5) is 0 Å². The zero-order valence-electron chi connectivity index (χ0n) is 16.7. The fourth-order valence-electron chi connectivity index (χ4n) is 3.23. The molecule has 3 aromatic rings. The quantitative estimate of drug-likeness (QED) is 0.605. The molecule has 0 bridgehead atoms. The van der Waals surface area contributed by atoms with Gasteiger partial charge >= 0.3 is 5.97 Å². The molecule has 0 fully saturated rings. The molecule has 0 N–H and O–H groups in total. The van der Waals surface area contributed by atoms with E-state index in [-0.39, 0.29) is 6.04 Å². The third-order valence-corrected chi connectivity index (χ3v) is 4.90. The number of ether oxygens (including phenoxy) is 1. The average molecular weight is 403 g/mol. The molecule has 2 aromatic heterocycles. The molecule has 0 saturated carbocycles. The highest BCUT2D eigenvalue weighted by Gasteiger charge is 2.35. The molecular formula is C23H21N3O4. The molecule has 7 nitrogen and oxygen atoms in total. The van der Waals surface area contributed by atoms with Crippen LogP contribution in [-0.2, 0) is 9.53 Å². The summed E-state index contributed by atoms with van der Waals surface area (Å²) in [7, 11) is 0. The van der Waals surface area contributed by atoms with Crippen LogP contribution < -0.4 is 0 Å². The number of furan rings is 1. The highest BCUT2D eigenvalue weighted by atomic mass is 16.5. The molecular weight excluding hydrogens is 382 g/mol. The summed E-state index contributed by atoms with van der Waals surface area (Å²) in [5.41, 5.74) is 3.94. The summed E-state index contributed by atoms with van der Waals surface area (Å²) in [6.45, 7) is 3.42. The molecule has 7 heteroatoms. The summed E-state index contributed by atoms with van der Waals surface area (Å²) >= 11 is 0. The summed E-state index contributed by atoms with van der Waals surface area (Å²) in [6, 6.07) is 14.5. The molecule has 0 aliphatic carbocycles. The number of rotatable bonds is 5. The van der Waals surface area contributed by atoms with Gasteiger partial charge in [0.25, 0.3) is 5.91 Å². The Bertz CT molecular complexity index is 1070. The van der Waals surface area contributed by atoms with Crippen molar-refractivity contribution in [3.63, 3.8) is 0 Å². The maximum Gasteiger partial charge on any atom is 0.340 e. The van der Waals surface area contributed by atoms with Crippen LogP contribution >= 0.6 is 0 Å². The van der Waals surface area contributed by atoms with Crippen molar-refractivity contribution in [2.75, 3.05) is 6.61 Å². The zero-order chi connectivity index (χ0) is 21.1. The van der Waals surface area contributed by atoms with Crippen LogP contribution in [0.25, 0.3) is 0 Å². The van der Waals surface area contributed by atoms with Crippen LogP contribution in [0.15, 0.2) is 70.5 Å². The van der Waals surface area contributed by atoms with E-state index in [2.05, 4.69) is 10.1 Å². The fourth-order valence-corrected chi connectivity index (χ4v) is 3.23. The van der Waals surface area contributed by atoms with E-state index in [1.54, 1.807) is 24.5 Å². The van der Waals surface area contributed by atoms with Crippen LogP contribution in [0.5, 0.6) is 0 Å². The summed E-state index contributed by atoms with van der Waals surface area (Å²) in [6.07, 6.45) is 3.50. The number of esters is 1. The van der Waals surface area contributed by atoms with E-state index >= 15 is 0 Å². The molecule has 1 atom stereocenters. The van der Waals surface area contributed by atoms with Crippen molar-refractivity contribution in [2.45, 2.75) is 26.3 Å². The Balaban J connectivity index is 1.50. The summed E-state index contributed by atoms with van der Waals surface area (Å²) in [5, 5.41) is 5.87. The maximum absolute atomic E-state index is 12.9. The van der Waals surface area contributed by atoms with Gasteiger partial charge in [-0.3, -0.25) is 9.78 Å². The third kappa shape index (κ3) is 4.15. The van der Waals surface area contributed by atoms with Gasteiger partial charge in [0, 0.05) is 18.3 Å². The minimum absolute atomic E-state index is 0.293. The van der Waals surface area contributed by atoms with Gasteiger partial charge in [-0.15, -0.1) is 0 Å². The number of aryl methyl sites for hydroxylation is 2. The Labute approximate surface area is 174 Å². The summed E-state index contributed by atoms with van der Waals surface area (Å²) in [5.74, 6) is -0.400. The van der Waals surface area contributed by atoms with Gasteiger partial charge in [0.2, 0.25) is 0 Å². The number of amides is 1. The molecule has 1 amide bonds. The number of hydrogen-bond donors (Lipinski definition) is 0. The van der Waals surface area contributed by atoms with Crippen LogP contribution in [0, 0.1) is 13.8 Å². The number of carbonyl (C=O) groups excluding carboxylic acids is 2. The normalized spacial score (nSPS) is 15.7. The number of carbonyl (C=O) groups is 2. The molecule has 3 heterocycles. The van der Waals surface area contributed by atoms with Gasteiger partial charge in [0.15, 0.2) is 6.61 Å². The van der Waals surface area contributed by atoms with Gasteiger partial charge in [-0.25, -0.2) is 9.80 Å². The predicted molar refractivity (Wildman–Crippen MR) is 110 cm³/mol. The minimum Gasteiger partial charge on any atom is -0.467 e. The van der Waals surface area contributed by atoms with Gasteiger partial charge < -0.3 is 9.15 Å². The van der Waals surface area contributed by atoms with Gasteiger partial charge in [-0.1, -0.05) is 29.8 Å². The Hall–Kier alpha value is -3.74. The van der Waals surface area contributed by atoms with Crippen LogP contribution in [0.2, 0.25) is 0 Å². The van der Waals surface area contributed by atoms with Gasteiger partial charge in [-0.2, -0.15) is 5.10 Å². The number of hydrazone groups is 1. The lowest BCUT2D eigenvalue weighted by molar-refractivity contribution is -0.136. The Morgan fingerprint density at radius 3 is 2.60 bits per heavy atom. The van der Waals surface area contributed by atoms with Gasteiger partial charge in [0.05, 0.1) is 17.5 Å². The van der Waals surface area contributed by atoms with E-state index in [9.17, 15) is 9.59 Å².